The Balaban J connectivity index is 3.09. The Bertz CT molecular complexity index is 648. The number of ether oxygens (including phenoxy) is 1. The summed E-state index contributed by atoms with van der Waals surface area (Å²) in [7, 11) is -2.63. The fourth-order valence-corrected chi connectivity index (χ4v) is 3.12. The third kappa shape index (κ3) is 3.38. The molecule has 0 saturated carbocycles. The van der Waals surface area contributed by atoms with Gasteiger partial charge in [0.05, 0.1) is 12.0 Å². The van der Waals surface area contributed by atoms with Gasteiger partial charge in [0, 0.05) is 0 Å². The SMILES string of the molecule is CCC(CC)(C(N)=O)C(=O)NS(=O)(=O)c1ccc(OC)cc1. The number of carbonyl (C=O) groups is 2. The lowest BCUT2D eigenvalue weighted by atomic mass is 9.81. The highest BCUT2D eigenvalue weighted by molar-refractivity contribution is 7.90. The molecule has 0 atom stereocenters. The number of amides is 2. The van der Waals surface area contributed by atoms with E-state index in [0.29, 0.717) is 5.75 Å². The van der Waals surface area contributed by atoms with Gasteiger partial charge >= 0.3 is 0 Å². The van der Waals surface area contributed by atoms with Crippen LogP contribution in [-0.4, -0.2) is 27.3 Å². The minimum absolute atomic E-state index is 0.104. The second kappa shape index (κ2) is 6.78. The first-order chi connectivity index (χ1) is 10.2. The Labute approximate surface area is 129 Å². The number of primary amides is 1. The van der Waals surface area contributed by atoms with Crippen molar-refractivity contribution < 1.29 is 22.7 Å². The van der Waals surface area contributed by atoms with Gasteiger partial charge in [-0.3, -0.25) is 9.59 Å². The number of sulfonamides is 1. The predicted octanol–water partition coefficient (Wildman–Crippen LogP) is 0.792. The highest BCUT2D eigenvalue weighted by Gasteiger charge is 2.42. The third-order valence-corrected chi connectivity index (χ3v) is 5.06. The van der Waals surface area contributed by atoms with Crippen LogP contribution < -0.4 is 15.2 Å². The summed E-state index contributed by atoms with van der Waals surface area (Å²) in [5, 5.41) is 0. The van der Waals surface area contributed by atoms with E-state index in [1.165, 1.54) is 31.4 Å². The Kier molecular flexibility index (Phi) is 5.54. The lowest BCUT2D eigenvalue weighted by Crippen LogP contribution is -2.50. The molecular formula is C14H20N2O5S. The fourth-order valence-electron chi connectivity index (χ4n) is 2.06. The van der Waals surface area contributed by atoms with Gasteiger partial charge in [-0.15, -0.1) is 0 Å². The van der Waals surface area contributed by atoms with Gasteiger partial charge < -0.3 is 10.5 Å². The van der Waals surface area contributed by atoms with Crippen LogP contribution in [0.3, 0.4) is 0 Å². The first-order valence-electron chi connectivity index (χ1n) is 6.74. The van der Waals surface area contributed by atoms with E-state index >= 15 is 0 Å². The van der Waals surface area contributed by atoms with E-state index in [0.717, 1.165) is 0 Å². The average Bonchev–Trinajstić information content (AvgIpc) is 2.48. The molecule has 7 nitrogen and oxygen atoms in total. The quantitative estimate of drug-likeness (QED) is 0.718. The second-order valence-electron chi connectivity index (χ2n) is 4.76. The van der Waals surface area contributed by atoms with Crippen LogP contribution in [0, 0.1) is 5.41 Å². The molecule has 0 aliphatic carbocycles. The zero-order chi connectivity index (χ0) is 17.0. The number of hydrogen-bond acceptors (Lipinski definition) is 5. The molecule has 0 heterocycles. The van der Waals surface area contributed by atoms with Crippen LogP contribution in [0.5, 0.6) is 5.75 Å². The normalized spacial score (nSPS) is 11.8. The summed E-state index contributed by atoms with van der Waals surface area (Å²) in [4.78, 5) is 23.7. The van der Waals surface area contributed by atoms with Gasteiger partial charge in [0.2, 0.25) is 11.8 Å². The summed E-state index contributed by atoms with van der Waals surface area (Å²) in [6.45, 7) is 3.21. The Morgan fingerprint density at radius 3 is 2.05 bits per heavy atom. The van der Waals surface area contributed by atoms with E-state index in [2.05, 4.69) is 0 Å². The van der Waals surface area contributed by atoms with Crippen molar-refractivity contribution in [2.24, 2.45) is 11.1 Å². The van der Waals surface area contributed by atoms with Crippen molar-refractivity contribution in [3.63, 3.8) is 0 Å². The third-order valence-electron chi connectivity index (χ3n) is 3.71. The van der Waals surface area contributed by atoms with E-state index in [9.17, 15) is 18.0 Å². The first kappa shape index (κ1) is 18.0. The lowest BCUT2D eigenvalue weighted by Gasteiger charge is -2.26. The molecule has 0 aromatic heterocycles. The summed E-state index contributed by atoms with van der Waals surface area (Å²) in [6, 6.07) is 5.52. The molecule has 3 N–H and O–H groups in total. The Hall–Kier alpha value is -2.09. The van der Waals surface area contributed by atoms with Crippen molar-refractivity contribution in [1.82, 2.24) is 4.72 Å². The summed E-state index contributed by atoms with van der Waals surface area (Å²) in [6.07, 6.45) is 0.228. The van der Waals surface area contributed by atoms with Crippen LogP contribution in [0.2, 0.25) is 0 Å². The maximum absolute atomic E-state index is 12.3. The van der Waals surface area contributed by atoms with E-state index in [-0.39, 0.29) is 17.7 Å². The largest absolute Gasteiger partial charge is 0.497 e. The zero-order valence-electron chi connectivity index (χ0n) is 12.8. The van der Waals surface area contributed by atoms with Crippen molar-refractivity contribution in [1.29, 1.82) is 0 Å². The fraction of sp³-hybridized carbons (Fsp3) is 0.429. The molecule has 8 heteroatoms. The van der Waals surface area contributed by atoms with Crippen LogP contribution in [0.15, 0.2) is 29.2 Å². The maximum Gasteiger partial charge on any atom is 0.264 e. The second-order valence-corrected chi connectivity index (χ2v) is 6.45. The molecule has 0 bridgehead atoms. The van der Waals surface area contributed by atoms with E-state index < -0.39 is 27.3 Å². The molecule has 0 aliphatic heterocycles. The predicted molar refractivity (Wildman–Crippen MR) is 80.5 cm³/mol. The van der Waals surface area contributed by atoms with Gasteiger partial charge in [-0.1, -0.05) is 13.8 Å². The van der Waals surface area contributed by atoms with E-state index in [1.807, 2.05) is 4.72 Å². The standard InChI is InChI=1S/C14H20N2O5S/c1-4-14(5-2,12(15)17)13(18)16-22(19,20)11-8-6-10(21-3)7-9-11/h6-9H,4-5H2,1-3H3,(H2,15,17)(H,16,18). The molecular weight excluding hydrogens is 308 g/mol. The van der Waals surface area contributed by atoms with Crippen LogP contribution in [0.25, 0.3) is 0 Å². The monoisotopic (exact) mass is 328 g/mol. The molecule has 1 aromatic carbocycles. The van der Waals surface area contributed by atoms with Gasteiger partial charge in [-0.2, -0.15) is 0 Å². The van der Waals surface area contributed by atoms with Crippen molar-refractivity contribution in [2.75, 3.05) is 7.11 Å². The van der Waals surface area contributed by atoms with Crippen LogP contribution in [0.1, 0.15) is 26.7 Å². The van der Waals surface area contributed by atoms with Crippen molar-refractivity contribution in [3.05, 3.63) is 24.3 Å². The number of nitrogens with one attached hydrogen (secondary N) is 1. The first-order valence-corrected chi connectivity index (χ1v) is 8.23. The van der Waals surface area contributed by atoms with Gasteiger partial charge in [-0.25, -0.2) is 13.1 Å². The molecule has 1 rings (SSSR count). The van der Waals surface area contributed by atoms with Crippen molar-refractivity contribution >= 4 is 21.8 Å². The molecule has 22 heavy (non-hydrogen) atoms. The molecule has 2 amide bonds. The van der Waals surface area contributed by atoms with Crippen molar-refractivity contribution in [2.45, 2.75) is 31.6 Å². The number of rotatable bonds is 7. The van der Waals surface area contributed by atoms with Crippen LogP contribution in [0.4, 0.5) is 0 Å². The molecule has 1 aromatic rings. The van der Waals surface area contributed by atoms with E-state index in [1.54, 1.807) is 13.8 Å². The van der Waals surface area contributed by atoms with Gasteiger partial charge in [0.25, 0.3) is 10.0 Å². The minimum atomic E-state index is -4.08. The molecule has 0 aliphatic rings. The molecule has 0 saturated heterocycles. The minimum Gasteiger partial charge on any atom is -0.497 e. The highest BCUT2D eigenvalue weighted by atomic mass is 32.2. The highest BCUT2D eigenvalue weighted by Crippen LogP contribution is 2.27. The molecule has 0 radical (unpaired) electrons. The number of methoxy groups -OCH3 is 1. The molecule has 0 fully saturated rings. The summed E-state index contributed by atoms with van der Waals surface area (Å²) in [5.41, 5.74) is 3.74. The molecule has 0 spiro atoms. The van der Waals surface area contributed by atoms with Crippen LogP contribution in [-0.2, 0) is 19.6 Å². The summed E-state index contributed by atoms with van der Waals surface area (Å²) < 4.78 is 31.3. The topological polar surface area (TPSA) is 116 Å². The smallest absolute Gasteiger partial charge is 0.264 e. The van der Waals surface area contributed by atoms with Crippen LogP contribution >= 0.6 is 0 Å². The number of benzene rings is 1. The number of nitrogens with two attached hydrogens (primary N) is 1. The Morgan fingerprint density at radius 2 is 1.68 bits per heavy atom. The van der Waals surface area contributed by atoms with Crippen molar-refractivity contribution in [3.8, 4) is 5.75 Å². The average molecular weight is 328 g/mol. The van der Waals surface area contributed by atoms with Gasteiger partial charge in [-0.05, 0) is 37.1 Å². The Morgan fingerprint density at radius 1 is 1.18 bits per heavy atom. The lowest BCUT2D eigenvalue weighted by molar-refractivity contribution is -0.141. The summed E-state index contributed by atoms with van der Waals surface area (Å²) >= 11 is 0. The molecule has 122 valence electrons. The number of carbonyl (C=O) groups excluding carboxylic acids is 2. The zero-order valence-corrected chi connectivity index (χ0v) is 13.6. The van der Waals surface area contributed by atoms with Gasteiger partial charge in [0.1, 0.15) is 11.2 Å². The molecule has 0 unspecified atom stereocenters. The maximum atomic E-state index is 12.3. The summed E-state index contributed by atoms with van der Waals surface area (Å²) in [5.74, 6) is -1.28. The van der Waals surface area contributed by atoms with E-state index in [4.69, 9.17) is 10.5 Å². The number of hydrogen-bond donors (Lipinski definition) is 2. The van der Waals surface area contributed by atoms with Gasteiger partial charge in [0.15, 0.2) is 0 Å².